The minimum atomic E-state index is 0.557. The molecular weight excluding hydrogens is 278 g/mol. The van der Waals surface area contributed by atoms with Gasteiger partial charge in [-0.3, -0.25) is 0 Å². The minimum absolute atomic E-state index is 0.557. The molecule has 0 aliphatic rings. The van der Waals surface area contributed by atoms with Crippen LogP contribution in [-0.2, 0) is 4.74 Å². The van der Waals surface area contributed by atoms with Crippen LogP contribution in [0.1, 0.15) is 24.3 Å². The lowest BCUT2D eigenvalue weighted by molar-refractivity contribution is 0.198. The molecule has 4 heteroatoms. The molecule has 0 amide bonds. The summed E-state index contributed by atoms with van der Waals surface area (Å²) in [4.78, 5) is 0. The van der Waals surface area contributed by atoms with Crippen LogP contribution in [0.5, 0.6) is 0 Å². The Labute approximate surface area is 126 Å². The Hall–Kier alpha value is -0.220. The first-order valence-corrected chi connectivity index (χ1v) is 8.49. The van der Waals surface area contributed by atoms with Crippen molar-refractivity contribution in [3.63, 3.8) is 0 Å². The molecule has 0 aromatic heterocycles. The van der Waals surface area contributed by atoms with Gasteiger partial charge in [-0.1, -0.05) is 23.7 Å². The van der Waals surface area contributed by atoms with E-state index in [4.69, 9.17) is 16.3 Å². The number of nitrogens with one attached hydrogen (secondary N) is 1. The first-order chi connectivity index (χ1) is 9.27. The van der Waals surface area contributed by atoms with Gasteiger partial charge in [0, 0.05) is 25.2 Å². The molecule has 0 aliphatic carbocycles. The zero-order chi connectivity index (χ0) is 13.9. The summed E-state index contributed by atoms with van der Waals surface area (Å²) in [6, 6.07) is 8.25. The van der Waals surface area contributed by atoms with Gasteiger partial charge in [-0.05, 0) is 48.5 Å². The van der Waals surface area contributed by atoms with E-state index in [1.807, 2.05) is 23.9 Å². The number of thioether (sulfide) groups is 1. The lowest BCUT2D eigenvalue weighted by Crippen LogP contribution is -2.25. The molecule has 1 rings (SSSR count). The maximum atomic E-state index is 5.95. The Kier molecular flexibility index (Phi) is 9.35. The predicted octanol–water partition coefficient (Wildman–Crippen LogP) is 3.80. The van der Waals surface area contributed by atoms with Crippen LogP contribution in [0.4, 0.5) is 0 Å². The van der Waals surface area contributed by atoms with Gasteiger partial charge in [-0.25, -0.2) is 0 Å². The molecule has 0 saturated carbocycles. The Morgan fingerprint density at radius 1 is 1.32 bits per heavy atom. The van der Waals surface area contributed by atoms with E-state index >= 15 is 0 Å². The number of hydrogen-bond donors (Lipinski definition) is 1. The van der Waals surface area contributed by atoms with Gasteiger partial charge >= 0.3 is 0 Å². The van der Waals surface area contributed by atoms with Gasteiger partial charge in [0.05, 0.1) is 6.61 Å². The van der Waals surface area contributed by atoms with Crippen molar-refractivity contribution < 1.29 is 4.74 Å². The fourth-order valence-corrected chi connectivity index (χ4v) is 2.63. The van der Waals surface area contributed by atoms with Gasteiger partial charge in [0.25, 0.3) is 0 Å². The smallest absolute Gasteiger partial charge is 0.0587 e. The number of ether oxygens (including phenoxy) is 1. The van der Waals surface area contributed by atoms with E-state index in [-0.39, 0.29) is 0 Å². The van der Waals surface area contributed by atoms with Crippen molar-refractivity contribution in [3.05, 3.63) is 34.9 Å². The van der Waals surface area contributed by atoms with E-state index in [0.29, 0.717) is 5.92 Å². The summed E-state index contributed by atoms with van der Waals surface area (Å²) in [5, 5.41) is 4.27. The van der Waals surface area contributed by atoms with Crippen molar-refractivity contribution in [3.8, 4) is 0 Å². The summed E-state index contributed by atoms with van der Waals surface area (Å²) in [7, 11) is 1.73. The number of methoxy groups -OCH3 is 1. The first kappa shape index (κ1) is 16.8. The summed E-state index contributed by atoms with van der Waals surface area (Å²) < 4.78 is 5.06. The Morgan fingerprint density at radius 2 is 2.05 bits per heavy atom. The Bertz CT molecular complexity index is 331. The second-order valence-corrected chi connectivity index (χ2v) is 6.00. The second kappa shape index (κ2) is 10.6. The molecule has 1 aromatic rings. The van der Waals surface area contributed by atoms with E-state index in [1.54, 1.807) is 7.11 Å². The average Bonchev–Trinajstić information content (AvgIpc) is 2.43. The highest BCUT2D eigenvalue weighted by atomic mass is 35.5. The number of halogens is 1. The molecule has 1 atom stereocenters. The van der Waals surface area contributed by atoms with E-state index in [0.717, 1.165) is 24.7 Å². The normalized spacial score (nSPS) is 12.6. The third-order valence-corrected chi connectivity index (χ3v) is 4.07. The van der Waals surface area contributed by atoms with E-state index < -0.39 is 0 Å². The minimum Gasteiger partial charge on any atom is -0.383 e. The molecule has 0 heterocycles. The number of benzene rings is 1. The lowest BCUT2D eigenvalue weighted by Gasteiger charge is -2.18. The molecule has 0 saturated heterocycles. The zero-order valence-corrected chi connectivity index (χ0v) is 13.4. The summed E-state index contributed by atoms with van der Waals surface area (Å²) in [5.74, 6) is 1.78. The highest BCUT2D eigenvalue weighted by molar-refractivity contribution is 7.98. The van der Waals surface area contributed by atoms with Crippen LogP contribution in [0, 0.1) is 0 Å². The van der Waals surface area contributed by atoms with E-state index in [2.05, 4.69) is 23.7 Å². The summed E-state index contributed by atoms with van der Waals surface area (Å²) in [5.41, 5.74) is 1.37. The molecule has 19 heavy (non-hydrogen) atoms. The monoisotopic (exact) mass is 301 g/mol. The van der Waals surface area contributed by atoms with E-state index in [9.17, 15) is 0 Å². The molecule has 0 spiro atoms. The van der Waals surface area contributed by atoms with Gasteiger partial charge in [0.15, 0.2) is 0 Å². The number of hydrogen-bond acceptors (Lipinski definition) is 3. The van der Waals surface area contributed by atoms with Crippen molar-refractivity contribution in [1.82, 2.24) is 5.32 Å². The van der Waals surface area contributed by atoms with Crippen molar-refractivity contribution >= 4 is 23.4 Å². The highest BCUT2D eigenvalue weighted by Crippen LogP contribution is 2.23. The van der Waals surface area contributed by atoms with Crippen LogP contribution in [0.3, 0.4) is 0 Å². The average molecular weight is 302 g/mol. The lowest BCUT2D eigenvalue weighted by atomic mass is 9.94. The molecule has 0 aliphatic heterocycles. The standard InChI is InChI=1S/C15H24ClNOS/c1-18-10-9-17-12-14(4-3-11-19-2)13-5-7-15(16)8-6-13/h5-8,14,17H,3-4,9-12H2,1-2H3. The van der Waals surface area contributed by atoms with Gasteiger partial charge in [-0.15, -0.1) is 0 Å². The van der Waals surface area contributed by atoms with Crippen molar-refractivity contribution in [2.75, 3.05) is 38.8 Å². The van der Waals surface area contributed by atoms with Crippen LogP contribution in [0.15, 0.2) is 24.3 Å². The molecular formula is C15H24ClNOS. The zero-order valence-electron chi connectivity index (χ0n) is 11.8. The van der Waals surface area contributed by atoms with Gasteiger partial charge in [-0.2, -0.15) is 11.8 Å². The van der Waals surface area contributed by atoms with Crippen LogP contribution < -0.4 is 5.32 Å². The second-order valence-electron chi connectivity index (χ2n) is 4.58. The van der Waals surface area contributed by atoms with Crippen molar-refractivity contribution in [1.29, 1.82) is 0 Å². The largest absolute Gasteiger partial charge is 0.383 e. The van der Waals surface area contributed by atoms with Crippen LogP contribution in [0.2, 0.25) is 5.02 Å². The maximum Gasteiger partial charge on any atom is 0.0587 e. The predicted molar refractivity (Wildman–Crippen MR) is 86.6 cm³/mol. The maximum absolute atomic E-state index is 5.95. The molecule has 1 aromatic carbocycles. The third-order valence-electron chi connectivity index (χ3n) is 3.12. The topological polar surface area (TPSA) is 21.3 Å². The van der Waals surface area contributed by atoms with Crippen molar-refractivity contribution in [2.45, 2.75) is 18.8 Å². The molecule has 2 nitrogen and oxygen atoms in total. The third kappa shape index (κ3) is 7.21. The summed E-state index contributed by atoms with van der Waals surface area (Å²) >= 11 is 7.86. The van der Waals surface area contributed by atoms with Crippen LogP contribution >= 0.6 is 23.4 Å². The molecule has 0 radical (unpaired) electrons. The molecule has 1 N–H and O–H groups in total. The molecule has 1 unspecified atom stereocenters. The fourth-order valence-electron chi connectivity index (χ4n) is 2.05. The highest BCUT2D eigenvalue weighted by Gasteiger charge is 2.10. The molecule has 0 bridgehead atoms. The number of rotatable bonds is 10. The Morgan fingerprint density at radius 3 is 2.68 bits per heavy atom. The molecule has 108 valence electrons. The Balaban J connectivity index is 2.49. The first-order valence-electron chi connectivity index (χ1n) is 6.72. The SMILES string of the molecule is COCCNCC(CCCSC)c1ccc(Cl)cc1. The van der Waals surface area contributed by atoms with Gasteiger partial charge in [0.2, 0.25) is 0 Å². The summed E-state index contributed by atoms with van der Waals surface area (Å²) in [6.45, 7) is 2.67. The quantitative estimate of drug-likeness (QED) is 0.664. The van der Waals surface area contributed by atoms with Crippen molar-refractivity contribution in [2.24, 2.45) is 0 Å². The van der Waals surface area contributed by atoms with Crippen LogP contribution in [-0.4, -0.2) is 38.8 Å². The van der Waals surface area contributed by atoms with Crippen LogP contribution in [0.25, 0.3) is 0 Å². The molecule has 0 fully saturated rings. The van der Waals surface area contributed by atoms with Gasteiger partial charge < -0.3 is 10.1 Å². The fraction of sp³-hybridized carbons (Fsp3) is 0.600. The van der Waals surface area contributed by atoms with Gasteiger partial charge in [0.1, 0.15) is 0 Å². The summed E-state index contributed by atoms with van der Waals surface area (Å²) in [6.07, 6.45) is 4.62. The van der Waals surface area contributed by atoms with E-state index in [1.165, 1.54) is 24.2 Å².